The van der Waals surface area contributed by atoms with Gasteiger partial charge in [0.2, 0.25) is 0 Å². The predicted octanol–water partition coefficient (Wildman–Crippen LogP) is 5.25. The lowest BCUT2D eigenvalue weighted by Crippen LogP contribution is -2.23. The van der Waals surface area contributed by atoms with Crippen molar-refractivity contribution in [3.05, 3.63) is 107 Å². The predicted molar refractivity (Wildman–Crippen MR) is 167 cm³/mol. The molecule has 0 aliphatic heterocycles. The first-order valence-corrected chi connectivity index (χ1v) is 13.7. The van der Waals surface area contributed by atoms with E-state index in [1.54, 1.807) is 54.9 Å². The van der Waals surface area contributed by atoms with Crippen LogP contribution in [0, 0.1) is 0 Å². The SMILES string of the molecule is COC(=O)c1cc2cc(OC)c(OC)cc2c(-c2ccnc(-n3nc(-c4cccnc4)c4ccccc4c3=O)c2)c1C(=O)OC. The van der Waals surface area contributed by atoms with Gasteiger partial charge >= 0.3 is 11.9 Å². The molecule has 0 saturated carbocycles. The first kappa shape index (κ1) is 29.0. The highest BCUT2D eigenvalue weighted by molar-refractivity contribution is 6.16. The van der Waals surface area contributed by atoms with Gasteiger partial charge in [0.25, 0.3) is 5.56 Å². The zero-order chi connectivity index (χ0) is 31.7. The Kier molecular flexibility index (Phi) is 7.66. The summed E-state index contributed by atoms with van der Waals surface area (Å²) in [5.74, 6) is -0.503. The van der Waals surface area contributed by atoms with Crippen molar-refractivity contribution in [3.8, 4) is 39.7 Å². The zero-order valence-electron chi connectivity index (χ0n) is 24.7. The van der Waals surface area contributed by atoms with Gasteiger partial charge < -0.3 is 18.9 Å². The van der Waals surface area contributed by atoms with E-state index in [-0.39, 0.29) is 16.9 Å². The summed E-state index contributed by atoms with van der Waals surface area (Å²) >= 11 is 0. The molecule has 45 heavy (non-hydrogen) atoms. The summed E-state index contributed by atoms with van der Waals surface area (Å²) in [5.41, 5.74) is 1.60. The van der Waals surface area contributed by atoms with Crippen LogP contribution in [0.3, 0.4) is 0 Å². The van der Waals surface area contributed by atoms with Crippen LogP contribution in [-0.4, -0.2) is 60.1 Å². The molecule has 6 aromatic rings. The van der Waals surface area contributed by atoms with Crippen molar-refractivity contribution in [1.82, 2.24) is 19.7 Å². The normalized spacial score (nSPS) is 10.9. The van der Waals surface area contributed by atoms with Crippen molar-refractivity contribution >= 4 is 33.5 Å². The average molecular weight is 603 g/mol. The summed E-state index contributed by atoms with van der Waals surface area (Å²) in [6.45, 7) is 0. The van der Waals surface area contributed by atoms with Crippen LogP contribution in [0.4, 0.5) is 0 Å². The molecule has 0 bridgehead atoms. The molecule has 0 saturated heterocycles. The molecule has 0 unspecified atom stereocenters. The fourth-order valence-electron chi connectivity index (χ4n) is 5.36. The molecule has 6 rings (SSSR count). The summed E-state index contributed by atoms with van der Waals surface area (Å²) in [6.07, 6.45) is 4.82. The maximum Gasteiger partial charge on any atom is 0.339 e. The summed E-state index contributed by atoms with van der Waals surface area (Å²) in [5, 5.41) is 6.93. The number of hydrogen-bond acceptors (Lipinski definition) is 10. The molecule has 0 radical (unpaired) electrons. The molecule has 0 aliphatic rings. The van der Waals surface area contributed by atoms with Gasteiger partial charge in [-0.2, -0.15) is 9.78 Å². The summed E-state index contributed by atoms with van der Waals surface area (Å²) < 4.78 is 22.4. The van der Waals surface area contributed by atoms with E-state index < -0.39 is 17.5 Å². The van der Waals surface area contributed by atoms with Crippen LogP contribution in [0.25, 0.3) is 49.7 Å². The molecule has 11 heteroatoms. The van der Waals surface area contributed by atoms with E-state index >= 15 is 0 Å². The minimum atomic E-state index is -0.764. The van der Waals surface area contributed by atoms with Gasteiger partial charge in [-0.25, -0.2) is 14.6 Å². The number of carbonyl (C=O) groups is 2. The highest BCUT2D eigenvalue weighted by atomic mass is 16.5. The number of esters is 2. The Bertz CT molecular complexity index is 2180. The molecule has 3 aromatic carbocycles. The monoisotopic (exact) mass is 602 g/mol. The number of nitrogens with zero attached hydrogens (tertiary/aromatic N) is 4. The summed E-state index contributed by atoms with van der Waals surface area (Å²) in [4.78, 5) is 48.9. The first-order chi connectivity index (χ1) is 21.9. The molecular formula is C34H26N4O7. The van der Waals surface area contributed by atoms with Crippen LogP contribution in [0.15, 0.2) is 90.1 Å². The molecule has 11 nitrogen and oxygen atoms in total. The number of hydrogen-bond donors (Lipinski definition) is 0. The zero-order valence-corrected chi connectivity index (χ0v) is 24.7. The molecule has 0 amide bonds. The smallest absolute Gasteiger partial charge is 0.339 e. The van der Waals surface area contributed by atoms with Gasteiger partial charge in [0.15, 0.2) is 17.3 Å². The van der Waals surface area contributed by atoms with Crippen molar-refractivity contribution in [2.45, 2.75) is 0 Å². The number of carbonyl (C=O) groups excluding carboxylic acids is 2. The number of rotatable bonds is 7. The maximum atomic E-state index is 13.8. The van der Waals surface area contributed by atoms with Crippen LogP contribution in [0.1, 0.15) is 20.7 Å². The molecule has 3 aromatic heterocycles. The van der Waals surface area contributed by atoms with Gasteiger partial charge in [-0.1, -0.05) is 18.2 Å². The molecule has 0 aliphatic carbocycles. The third kappa shape index (κ3) is 4.99. The minimum absolute atomic E-state index is 0.0164. The second kappa shape index (κ2) is 11.9. The van der Waals surface area contributed by atoms with Crippen LogP contribution < -0.4 is 15.0 Å². The second-order valence-electron chi connectivity index (χ2n) is 9.84. The molecular weight excluding hydrogens is 576 g/mol. The Morgan fingerprint density at radius 2 is 1.47 bits per heavy atom. The van der Waals surface area contributed by atoms with E-state index in [9.17, 15) is 14.4 Å². The number of benzene rings is 3. The van der Waals surface area contributed by atoms with Crippen molar-refractivity contribution in [2.24, 2.45) is 0 Å². The number of ether oxygens (including phenoxy) is 4. The second-order valence-corrected chi connectivity index (χ2v) is 9.84. The Hall–Kier alpha value is -6.10. The fourth-order valence-corrected chi connectivity index (χ4v) is 5.36. The lowest BCUT2D eigenvalue weighted by atomic mass is 9.89. The molecule has 0 spiro atoms. The Labute approximate surface area is 256 Å². The van der Waals surface area contributed by atoms with Gasteiger partial charge in [0, 0.05) is 35.1 Å². The highest BCUT2D eigenvalue weighted by Crippen LogP contribution is 2.41. The number of methoxy groups -OCH3 is 4. The quantitative estimate of drug-likeness (QED) is 0.223. The van der Waals surface area contributed by atoms with Crippen molar-refractivity contribution in [2.75, 3.05) is 28.4 Å². The lowest BCUT2D eigenvalue weighted by Gasteiger charge is -2.18. The van der Waals surface area contributed by atoms with Crippen LogP contribution in [-0.2, 0) is 9.47 Å². The van der Waals surface area contributed by atoms with E-state index in [4.69, 9.17) is 24.0 Å². The van der Waals surface area contributed by atoms with E-state index in [1.807, 2.05) is 18.2 Å². The minimum Gasteiger partial charge on any atom is -0.493 e. The van der Waals surface area contributed by atoms with E-state index in [1.165, 1.54) is 45.4 Å². The third-order valence-electron chi connectivity index (χ3n) is 7.43. The standard InChI is InChI=1S/C34H26N4O7/c1-42-26-15-21-14-25(33(40)44-3)30(34(41)45-4)29(24(21)17-27(26)43-2)19-11-13-36-28(16-19)38-32(39)23-10-6-5-9-22(23)31(37-38)20-8-7-12-35-18-20/h5-18H,1-4H3. The van der Waals surface area contributed by atoms with Crippen LogP contribution in [0.5, 0.6) is 11.5 Å². The third-order valence-corrected chi connectivity index (χ3v) is 7.43. The maximum absolute atomic E-state index is 13.8. The van der Waals surface area contributed by atoms with Gasteiger partial charge in [0.1, 0.15) is 5.69 Å². The topological polar surface area (TPSA) is 132 Å². The van der Waals surface area contributed by atoms with Crippen molar-refractivity contribution < 1.29 is 28.5 Å². The fraction of sp³-hybridized carbons (Fsp3) is 0.118. The van der Waals surface area contributed by atoms with E-state index in [2.05, 4.69) is 9.97 Å². The Morgan fingerprint density at radius 1 is 0.733 bits per heavy atom. The molecule has 3 heterocycles. The summed E-state index contributed by atoms with van der Waals surface area (Å²) in [7, 11) is 5.44. The number of aromatic nitrogens is 4. The van der Waals surface area contributed by atoms with Crippen LogP contribution >= 0.6 is 0 Å². The molecule has 224 valence electrons. The Morgan fingerprint density at radius 3 is 2.16 bits per heavy atom. The largest absolute Gasteiger partial charge is 0.493 e. The van der Waals surface area contributed by atoms with Crippen molar-refractivity contribution in [3.63, 3.8) is 0 Å². The lowest BCUT2D eigenvalue weighted by molar-refractivity contribution is 0.0556. The average Bonchev–Trinajstić information content (AvgIpc) is 3.10. The summed E-state index contributed by atoms with van der Waals surface area (Å²) in [6, 6.07) is 19.0. The van der Waals surface area contributed by atoms with Gasteiger partial charge in [-0.3, -0.25) is 9.78 Å². The van der Waals surface area contributed by atoms with Crippen molar-refractivity contribution in [1.29, 1.82) is 0 Å². The molecule has 0 N–H and O–H groups in total. The van der Waals surface area contributed by atoms with Gasteiger partial charge in [-0.05, 0) is 64.9 Å². The van der Waals surface area contributed by atoms with Gasteiger partial charge in [0.05, 0.1) is 45.0 Å². The molecule has 0 fully saturated rings. The number of pyridine rings is 2. The van der Waals surface area contributed by atoms with Gasteiger partial charge in [-0.15, -0.1) is 0 Å². The highest BCUT2D eigenvalue weighted by Gasteiger charge is 2.27. The van der Waals surface area contributed by atoms with Crippen LogP contribution in [0.2, 0.25) is 0 Å². The molecule has 0 atom stereocenters. The van der Waals surface area contributed by atoms with E-state index in [0.29, 0.717) is 55.4 Å². The first-order valence-electron chi connectivity index (χ1n) is 13.7. The van der Waals surface area contributed by atoms with E-state index in [0.717, 1.165) is 0 Å². The number of fused-ring (bicyclic) bond motifs is 2. The Balaban J connectivity index is 1.69.